The molecule has 0 radical (unpaired) electrons. The molecule has 11 heteroatoms. The Morgan fingerprint density at radius 3 is 2.43 bits per heavy atom. The molecule has 3 heterocycles. The Hall–Kier alpha value is -5.03. The number of nitrogens with zero attached hydrogens (tertiary/aromatic N) is 2. The van der Waals surface area contributed by atoms with Crippen LogP contribution >= 0.6 is 11.3 Å². The molecule has 1 aliphatic rings. The molecule has 0 bridgehead atoms. The number of hydrogen-bond donors (Lipinski definition) is 0. The van der Waals surface area contributed by atoms with Gasteiger partial charge in [-0.1, -0.05) is 65.9 Å². The first-order valence-corrected chi connectivity index (χ1v) is 14.3. The maximum Gasteiger partial charge on any atom is 0.416 e. The molecule has 0 fully saturated rings. The lowest BCUT2D eigenvalue weighted by atomic mass is 9.93. The van der Waals surface area contributed by atoms with Crippen molar-refractivity contribution in [2.75, 3.05) is 6.61 Å². The van der Waals surface area contributed by atoms with Crippen LogP contribution in [0.3, 0.4) is 0 Å². The topological polar surface area (TPSA) is 73.8 Å². The third-order valence-electron chi connectivity index (χ3n) is 6.93. The molecule has 222 valence electrons. The summed E-state index contributed by atoms with van der Waals surface area (Å²) in [4.78, 5) is 32.4. The van der Waals surface area contributed by atoms with Gasteiger partial charge < -0.3 is 9.15 Å². The molecular formula is C33H22F4N2O4S. The van der Waals surface area contributed by atoms with E-state index in [9.17, 15) is 27.2 Å². The van der Waals surface area contributed by atoms with Gasteiger partial charge in [-0.15, -0.1) is 0 Å². The van der Waals surface area contributed by atoms with E-state index in [0.29, 0.717) is 16.8 Å². The van der Waals surface area contributed by atoms with E-state index in [4.69, 9.17) is 14.1 Å². The van der Waals surface area contributed by atoms with Crippen LogP contribution in [0.5, 0.6) is 0 Å². The lowest BCUT2D eigenvalue weighted by Crippen LogP contribution is -2.40. The van der Waals surface area contributed by atoms with Crippen molar-refractivity contribution in [2.24, 2.45) is 4.99 Å². The van der Waals surface area contributed by atoms with E-state index in [1.165, 1.54) is 53.1 Å². The van der Waals surface area contributed by atoms with Crippen molar-refractivity contribution in [1.29, 1.82) is 0 Å². The smallest absolute Gasteiger partial charge is 0.416 e. The zero-order chi connectivity index (χ0) is 31.0. The van der Waals surface area contributed by atoms with Crippen LogP contribution in [0.1, 0.15) is 35.4 Å². The highest BCUT2D eigenvalue weighted by Crippen LogP contribution is 2.36. The number of esters is 1. The maximum atomic E-state index is 13.9. The second-order valence-corrected chi connectivity index (χ2v) is 10.8. The Balaban J connectivity index is 1.52. The number of hydrogen-bond acceptors (Lipinski definition) is 6. The molecule has 1 unspecified atom stereocenters. The highest BCUT2D eigenvalue weighted by atomic mass is 32.1. The molecule has 0 saturated carbocycles. The van der Waals surface area contributed by atoms with Crippen LogP contribution in [0, 0.1) is 5.82 Å². The number of halogens is 4. The van der Waals surface area contributed by atoms with Crippen LogP contribution in [0.25, 0.3) is 23.1 Å². The first-order chi connectivity index (χ1) is 21.1. The number of carbonyl (C=O) groups is 1. The monoisotopic (exact) mass is 618 g/mol. The molecule has 3 aromatic carbocycles. The van der Waals surface area contributed by atoms with Gasteiger partial charge in [0, 0.05) is 17.2 Å². The number of furan rings is 1. The number of thiazole rings is 1. The van der Waals surface area contributed by atoms with Crippen LogP contribution in [0.15, 0.2) is 111 Å². The molecule has 0 spiro atoms. The van der Waals surface area contributed by atoms with E-state index in [-0.39, 0.29) is 38.6 Å². The summed E-state index contributed by atoms with van der Waals surface area (Å²) in [6, 6.07) is 21.3. The van der Waals surface area contributed by atoms with Gasteiger partial charge in [0.25, 0.3) is 5.56 Å². The van der Waals surface area contributed by atoms with Crippen molar-refractivity contribution in [1.82, 2.24) is 4.57 Å². The number of fused-ring (bicyclic) bond motifs is 1. The van der Waals surface area contributed by atoms with Crippen molar-refractivity contribution in [3.05, 3.63) is 145 Å². The molecule has 6 rings (SSSR count). The normalized spacial score (nSPS) is 15.2. The molecule has 5 aromatic rings. The summed E-state index contributed by atoms with van der Waals surface area (Å²) in [5, 5.41) is 0. The van der Waals surface area contributed by atoms with Gasteiger partial charge in [-0.2, -0.15) is 13.2 Å². The highest BCUT2D eigenvalue weighted by Gasteiger charge is 2.35. The largest absolute Gasteiger partial charge is 0.463 e. The minimum absolute atomic E-state index is 0.0810. The first-order valence-electron chi connectivity index (χ1n) is 13.5. The summed E-state index contributed by atoms with van der Waals surface area (Å²) in [7, 11) is 0. The standard InChI is InChI=1S/C33H22F4N2O4S/c1-2-42-31(41)27-28(19-7-4-3-5-8-19)38-32-39(29(27)20-11-13-23(34)14-12-20)30(40)26(44-32)18-24-15-16-25(43-24)21-9-6-10-22(17-21)33(35,36)37/h3-18,29H,2H2,1H3/b26-18-. The third-order valence-corrected chi connectivity index (χ3v) is 7.92. The van der Waals surface area contributed by atoms with E-state index in [0.717, 1.165) is 23.5 Å². The number of aromatic nitrogens is 1. The second kappa shape index (κ2) is 11.6. The first kappa shape index (κ1) is 29.1. The lowest BCUT2D eigenvalue weighted by molar-refractivity contribution is -0.139. The minimum Gasteiger partial charge on any atom is -0.463 e. The van der Waals surface area contributed by atoms with Gasteiger partial charge in [0.1, 0.15) is 17.3 Å². The van der Waals surface area contributed by atoms with E-state index in [1.54, 1.807) is 37.3 Å². The minimum atomic E-state index is -4.51. The molecule has 44 heavy (non-hydrogen) atoms. The predicted octanol–water partition coefficient (Wildman–Crippen LogP) is 6.35. The van der Waals surface area contributed by atoms with Gasteiger partial charge in [0.15, 0.2) is 4.80 Å². The fourth-order valence-electron chi connectivity index (χ4n) is 4.96. The summed E-state index contributed by atoms with van der Waals surface area (Å²) < 4.78 is 66.4. The number of ether oxygens (including phenoxy) is 1. The fraction of sp³-hybridized carbons (Fsp3) is 0.121. The molecule has 2 aromatic heterocycles. The number of alkyl halides is 3. The van der Waals surface area contributed by atoms with E-state index in [2.05, 4.69) is 0 Å². The van der Waals surface area contributed by atoms with E-state index < -0.39 is 35.1 Å². The van der Waals surface area contributed by atoms with Crippen molar-refractivity contribution < 1.29 is 31.5 Å². The van der Waals surface area contributed by atoms with Crippen LogP contribution in [0.4, 0.5) is 17.6 Å². The number of rotatable bonds is 6. The summed E-state index contributed by atoms with van der Waals surface area (Å²) in [6.07, 6.45) is -3.04. The molecular weight excluding hydrogens is 596 g/mol. The third kappa shape index (κ3) is 5.53. The van der Waals surface area contributed by atoms with Gasteiger partial charge in [-0.25, -0.2) is 14.2 Å². The predicted molar refractivity (Wildman–Crippen MR) is 157 cm³/mol. The van der Waals surface area contributed by atoms with Crippen LogP contribution in [0.2, 0.25) is 0 Å². The maximum absolute atomic E-state index is 13.9. The van der Waals surface area contributed by atoms with Crippen molar-refractivity contribution >= 4 is 29.1 Å². The van der Waals surface area contributed by atoms with Gasteiger partial charge in [0.05, 0.1) is 34.0 Å². The summed E-state index contributed by atoms with van der Waals surface area (Å²) in [5.41, 5.74) is 0.448. The fourth-order valence-corrected chi connectivity index (χ4v) is 5.95. The Bertz CT molecular complexity index is 2070. The molecule has 0 saturated heterocycles. The van der Waals surface area contributed by atoms with Gasteiger partial charge in [-0.05, 0) is 48.9 Å². The van der Waals surface area contributed by atoms with Crippen LogP contribution in [-0.4, -0.2) is 17.1 Å². The molecule has 0 amide bonds. The van der Waals surface area contributed by atoms with Crippen molar-refractivity contribution in [3.8, 4) is 11.3 Å². The molecule has 0 aliphatic carbocycles. The zero-order valence-electron chi connectivity index (χ0n) is 23.0. The lowest BCUT2D eigenvalue weighted by Gasteiger charge is -2.25. The molecule has 0 N–H and O–H groups in total. The van der Waals surface area contributed by atoms with Crippen LogP contribution in [-0.2, 0) is 15.7 Å². The van der Waals surface area contributed by atoms with Gasteiger partial charge in [-0.3, -0.25) is 9.36 Å². The summed E-state index contributed by atoms with van der Waals surface area (Å²) >= 11 is 1.05. The zero-order valence-corrected chi connectivity index (χ0v) is 23.8. The average Bonchev–Trinajstić information content (AvgIpc) is 3.61. The Morgan fingerprint density at radius 1 is 1.00 bits per heavy atom. The Kier molecular flexibility index (Phi) is 7.64. The Morgan fingerprint density at radius 2 is 1.73 bits per heavy atom. The molecule has 6 nitrogen and oxygen atoms in total. The summed E-state index contributed by atoms with van der Waals surface area (Å²) in [6.45, 7) is 1.75. The van der Waals surface area contributed by atoms with Crippen molar-refractivity contribution in [3.63, 3.8) is 0 Å². The average molecular weight is 619 g/mol. The number of benzene rings is 3. The SMILES string of the molecule is CCOC(=O)C1=C(c2ccccc2)N=c2s/c(=C\c3ccc(-c4cccc(C(F)(F)F)c4)o3)c(=O)n2C1c1ccc(F)cc1. The number of carbonyl (C=O) groups excluding carboxylic acids is 1. The highest BCUT2D eigenvalue weighted by molar-refractivity contribution is 7.07. The molecule has 1 aliphatic heterocycles. The molecule has 1 atom stereocenters. The van der Waals surface area contributed by atoms with E-state index in [1.807, 2.05) is 6.07 Å². The Labute approximate surface area is 251 Å². The van der Waals surface area contributed by atoms with Gasteiger partial charge >= 0.3 is 12.1 Å². The van der Waals surface area contributed by atoms with Gasteiger partial charge in [0.2, 0.25) is 0 Å². The van der Waals surface area contributed by atoms with Crippen molar-refractivity contribution in [2.45, 2.75) is 19.1 Å². The van der Waals surface area contributed by atoms with Crippen LogP contribution < -0.4 is 14.9 Å². The quantitative estimate of drug-likeness (QED) is 0.164. The second-order valence-electron chi connectivity index (χ2n) is 9.76. The summed E-state index contributed by atoms with van der Waals surface area (Å²) in [5.74, 6) is -0.736. The van der Waals surface area contributed by atoms with E-state index >= 15 is 0 Å².